The third-order valence-corrected chi connectivity index (χ3v) is 3.01. The fourth-order valence-electron chi connectivity index (χ4n) is 1.81. The lowest BCUT2D eigenvalue weighted by Crippen LogP contribution is -2.48. The summed E-state index contributed by atoms with van der Waals surface area (Å²) in [6.45, 7) is 14.2. The van der Waals surface area contributed by atoms with Crippen LogP contribution in [0.15, 0.2) is 25.3 Å². The van der Waals surface area contributed by atoms with Crippen molar-refractivity contribution in [2.75, 3.05) is 0 Å². The minimum atomic E-state index is -1.05. The zero-order valence-corrected chi connectivity index (χ0v) is 12.6. The molecule has 1 aliphatic rings. The molecular weight excluding hydrogens is 258 g/mol. The number of hydrogen-bond acceptors (Lipinski definition) is 4. The van der Waals surface area contributed by atoms with Crippen LogP contribution in [0.3, 0.4) is 0 Å². The monoisotopic (exact) mass is 281 g/mol. The summed E-state index contributed by atoms with van der Waals surface area (Å²) in [5, 5.41) is 2.61. The van der Waals surface area contributed by atoms with E-state index in [0.717, 1.165) is 0 Å². The zero-order chi connectivity index (χ0) is 15.6. The largest absolute Gasteiger partial charge is 0.457 e. The van der Waals surface area contributed by atoms with Gasteiger partial charge in [-0.2, -0.15) is 0 Å². The average Bonchev–Trinajstić information content (AvgIpc) is 3.00. The Balaban J connectivity index is 2.74. The van der Waals surface area contributed by atoms with Gasteiger partial charge in [-0.15, -0.1) is 6.58 Å². The first-order chi connectivity index (χ1) is 9.14. The summed E-state index contributed by atoms with van der Waals surface area (Å²) < 4.78 is 10.4. The molecule has 112 valence electrons. The van der Waals surface area contributed by atoms with Crippen molar-refractivity contribution >= 4 is 12.1 Å². The van der Waals surface area contributed by atoms with E-state index in [1.54, 1.807) is 33.8 Å². The van der Waals surface area contributed by atoms with Crippen molar-refractivity contribution in [3.63, 3.8) is 0 Å². The molecule has 1 N–H and O–H groups in total. The molecule has 1 amide bonds. The first kappa shape index (κ1) is 16.3. The Kier molecular flexibility index (Phi) is 4.63. The molecule has 0 aliphatic heterocycles. The molecule has 0 aromatic carbocycles. The van der Waals surface area contributed by atoms with Gasteiger partial charge in [-0.05, 0) is 34.1 Å². The topological polar surface area (TPSA) is 64.6 Å². The van der Waals surface area contributed by atoms with Crippen LogP contribution in [0.5, 0.6) is 0 Å². The molecule has 1 rings (SSSR count). The molecule has 0 spiro atoms. The Bertz CT molecular complexity index is 424. The van der Waals surface area contributed by atoms with Crippen molar-refractivity contribution in [1.29, 1.82) is 0 Å². The number of alkyl carbamates (subject to hydrolysis) is 1. The predicted octanol–water partition coefficient (Wildman–Crippen LogP) is 2.57. The third kappa shape index (κ3) is 3.85. The van der Waals surface area contributed by atoms with Gasteiger partial charge in [-0.3, -0.25) is 0 Å². The lowest BCUT2D eigenvalue weighted by Gasteiger charge is -2.23. The Labute approximate surface area is 120 Å². The van der Waals surface area contributed by atoms with E-state index in [2.05, 4.69) is 18.5 Å². The van der Waals surface area contributed by atoms with Gasteiger partial charge in [0.25, 0.3) is 0 Å². The molecule has 3 atom stereocenters. The van der Waals surface area contributed by atoms with Crippen LogP contribution in [0.2, 0.25) is 0 Å². The number of ether oxygens (including phenoxy) is 2. The molecule has 0 radical (unpaired) electrons. The summed E-state index contributed by atoms with van der Waals surface area (Å²) in [4.78, 5) is 24.0. The summed E-state index contributed by atoms with van der Waals surface area (Å²) >= 11 is 0. The summed E-state index contributed by atoms with van der Waals surface area (Å²) in [6.07, 6.45) is 2.58. The van der Waals surface area contributed by atoms with Crippen LogP contribution < -0.4 is 5.32 Å². The summed E-state index contributed by atoms with van der Waals surface area (Å²) in [7, 11) is 0. The molecule has 0 bridgehead atoms. The molecule has 0 heterocycles. The second-order valence-corrected chi connectivity index (χ2v) is 5.99. The van der Waals surface area contributed by atoms with Crippen LogP contribution in [0.1, 0.15) is 34.1 Å². The van der Waals surface area contributed by atoms with E-state index in [-0.39, 0.29) is 5.92 Å². The standard InChI is InChI=1S/C15H23NO4/c1-7-10(3)19-12(17)15(9-11(15)8-2)16-13(18)20-14(4,5)6/h7-8,10-11H,1-2,9H2,3-6H3,(H,16,18)/t10?,11-,15-/m1/s1. The highest BCUT2D eigenvalue weighted by Gasteiger charge is 2.61. The molecular formula is C15H23NO4. The second-order valence-electron chi connectivity index (χ2n) is 5.99. The van der Waals surface area contributed by atoms with E-state index in [4.69, 9.17) is 9.47 Å². The van der Waals surface area contributed by atoms with Crippen LogP contribution >= 0.6 is 0 Å². The van der Waals surface area contributed by atoms with E-state index in [1.807, 2.05) is 0 Å². The molecule has 5 heteroatoms. The maximum absolute atomic E-state index is 12.2. The number of esters is 1. The molecule has 5 nitrogen and oxygen atoms in total. The molecule has 1 unspecified atom stereocenters. The van der Waals surface area contributed by atoms with Crippen LogP contribution in [-0.4, -0.2) is 29.3 Å². The predicted molar refractivity (Wildman–Crippen MR) is 76.2 cm³/mol. The van der Waals surface area contributed by atoms with Gasteiger partial charge in [-0.25, -0.2) is 9.59 Å². The number of rotatable bonds is 5. The lowest BCUT2D eigenvalue weighted by molar-refractivity contribution is -0.150. The number of amides is 1. The highest BCUT2D eigenvalue weighted by Crippen LogP contribution is 2.45. The Morgan fingerprint density at radius 1 is 1.40 bits per heavy atom. The zero-order valence-electron chi connectivity index (χ0n) is 12.6. The van der Waals surface area contributed by atoms with E-state index < -0.39 is 29.3 Å². The SMILES string of the molecule is C=CC(C)OC(=O)[C@@]1(NC(=O)OC(C)(C)C)C[C@H]1C=C. The van der Waals surface area contributed by atoms with Crippen molar-refractivity contribution in [1.82, 2.24) is 5.32 Å². The van der Waals surface area contributed by atoms with Gasteiger partial charge < -0.3 is 14.8 Å². The van der Waals surface area contributed by atoms with E-state index >= 15 is 0 Å². The van der Waals surface area contributed by atoms with Gasteiger partial charge >= 0.3 is 12.1 Å². The van der Waals surface area contributed by atoms with Gasteiger partial charge in [0, 0.05) is 5.92 Å². The molecule has 0 saturated heterocycles. The maximum atomic E-state index is 12.2. The van der Waals surface area contributed by atoms with Crippen molar-refractivity contribution in [2.45, 2.75) is 51.4 Å². The van der Waals surface area contributed by atoms with Crippen LogP contribution in [0.4, 0.5) is 4.79 Å². The molecule has 20 heavy (non-hydrogen) atoms. The lowest BCUT2D eigenvalue weighted by atomic mass is 10.2. The Hall–Kier alpha value is -1.78. The van der Waals surface area contributed by atoms with Crippen molar-refractivity contribution in [2.24, 2.45) is 5.92 Å². The smallest absolute Gasteiger partial charge is 0.408 e. The van der Waals surface area contributed by atoms with Crippen LogP contribution in [0.25, 0.3) is 0 Å². The second kappa shape index (κ2) is 5.69. The average molecular weight is 281 g/mol. The molecule has 1 fully saturated rings. The molecule has 1 aliphatic carbocycles. The highest BCUT2D eigenvalue weighted by atomic mass is 16.6. The fourth-order valence-corrected chi connectivity index (χ4v) is 1.81. The van der Waals surface area contributed by atoms with E-state index in [0.29, 0.717) is 6.42 Å². The highest BCUT2D eigenvalue weighted by molar-refractivity contribution is 5.90. The van der Waals surface area contributed by atoms with Gasteiger partial charge in [0.15, 0.2) is 0 Å². The number of carbonyl (C=O) groups excluding carboxylic acids is 2. The van der Waals surface area contributed by atoms with Crippen molar-refractivity contribution in [3.8, 4) is 0 Å². The minimum Gasteiger partial charge on any atom is -0.457 e. The number of nitrogens with one attached hydrogen (secondary N) is 1. The van der Waals surface area contributed by atoms with Gasteiger partial charge in [0.05, 0.1) is 0 Å². The van der Waals surface area contributed by atoms with Gasteiger partial charge in [-0.1, -0.05) is 18.7 Å². The quantitative estimate of drug-likeness (QED) is 0.621. The Morgan fingerprint density at radius 3 is 2.40 bits per heavy atom. The fraction of sp³-hybridized carbons (Fsp3) is 0.600. The maximum Gasteiger partial charge on any atom is 0.408 e. The first-order valence-electron chi connectivity index (χ1n) is 6.62. The number of hydrogen-bond donors (Lipinski definition) is 1. The van der Waals surface area contributed by atoms with E-state index in [1.165, 1.54) is 6.08 Å². The summed E-state index contributed by atoms with van der Waals surface area (Å²) in [5.41, 5.74) is -1.68. The normalized spacial score (nSPS) is 26.1. The first-order valence-corrected chi connectivity index (χ1v) is 6.62. The van der Waals surface area contributed by atoms with Gasteiger partial charge in [0.2, 0.25) is 0 Å². The summed E-state index contributed by atoms with van der Waals surface area (Å²) in [5.74, 6) is -0.625. The van der Waals surface area contributed by atoms with Crippen molar-refractivity contribution in [3.05, 3.63) is 25.3 Å². The summed E-state index contributed by atoms with van der Waals surface area (Å²) in [6, 6.07) is 0. The van der Waals surface area contributed by atoms with E-state index in [9.17, 15) is 9.59 Å². The molecule has 0 aromatic rings. The minimum absolute atomic E-state index is 0.139. The molecule has 1 saturated carbocycles. The third-order valence-electron chi connectivity index (χ3n) is 3.01. The molecule has 0 aromatic heterocycles. The van der Waals surface area contributed by atoms with Crippen LogP contribution in [0, 0.1) is 5.92 Å². The van der Waals surface area contributed by atoms with Crippen molar-refractivity contribution < 1.29 is 19.1 Å². The van der Waals surface area contributed by atoms with Crippen LogP contribution in [-0.2, 0) is 14.3 Å². The van der Waals surface area contributed by atoms with Gasteiger partial charge in [0.1, 0.15) is 17.2 Å². The Morgan fingerprint density at radius 2 is 2.00 bits per heavy atom. The number of carbonyl (C=O) groups is 2.